The third kappa shape index (κ3) is 24.3. The zero-order valence-corrected chi connectivity index (χ0v) is 72.1. The van der Waals surface area contributed by atoms with Gasteiger partial charge >= 0.3 is 41.9 Å². The number of hydrazine groups is 1. The molecule has 0 fully saturated rings. The lowest BCUT2D eigenvalue weighted by Gasteiger charge is -2.20. The number of carboxylic acids is 1. The number of hydrogen-bond donors (Lipinski definition) is 6. The van der Waals surface area contributed by atoms with Crippen LogP contribution in [0.3, 0.4) is 0 Å². The highest BCUT2D eigenvalue weighted by molar-refractivity contribution is 6.36. The van der Waals surface area contributed by atoms with Gasteiger partial charge in [-0.2, -0.15) is 25.4 Å². The van der Waals surface area contributed by atoms with Gasteiger partial charge in [0.1, 0.15) is 22.2 Å². The van der Waals surface area contributed by atoms with Gasteiger partial charge in [-0.05, 0) is 209 Å². The van der Waals surface area contributed by atoms with Crippen molar-refractivity contribution in [2.24, 2.45) is 5.84 Å². The van der Waals surface area contributed by atoms with Crippen LogP contribution in [0.1, 0.15) is 159 Å². The zero-order valence-electron chi connectivity index (χ0n) is 71.3. The van der Waals surface area contributed by atoms with Gasteiger partial charge in [-0.1, -0.05) is 35.9 Å². The number of aromatic carboxylic acids is 1. The molecule has 0 unspecified atom stereocenters. The van der Waals surface area contributed by atoms with Crippen molar-refractivity contribution in [3.63, 3.8) is 0 Å². The van der Waals surface area contributed by atoms with E-state index >= 15 is 0 Å². The van der Waals surface area contributed by atoms with Crippen molar-refractivity contribution >= 4 is 110 Å². The van der Waals surface area contributed by atoms with Crippen LogP contribution in [0.2, 0.25) is 5.02 Å². The Bertz CT molecular complexity index is 6370. The van der Waals surface area contributed by atoms with E-state index < -0.39 is 53.4 Å². The van der Waals surface area contributed by atoms with E-state index in [9.17, 15) is 57.5 Å². The summed E-state index contributed by atoms with van der Waals surface area (Å²) in [6, 6.07) is 42.6. The summed E-state index contributed by atoms with van der Waals surface area (Å²) in [5.41, 5.74) is 11.7. The lowest BCUT2D eigenvalue weighted by atomic mass is 10.1. The van der Waals surface area contributed by atoms with Gasteiger partial charge in [0, 0.05) is 90.4 Å². The molecule has 39 heteroatoms. The first-order valence-corrected chi connectivity index (χ1v) is 39.7. The number of H-pyrrole nitrogens is 1. The Morgan fingerprint density at radius 2 is 0.852 bits per heavy atom. The van der Waals surface area contributed by atoms with Gasteiger partial charge in [0.25, 0.3) is 23.6 Å². The number of anilines is 1. The van der Waals surface area contributed by atoms with Crippen molar-refractivity contribution in [2.45, 2.75) is 81.8 Å². The number of carboxylic acid groups (broad SMARTS) is 1. The Hall–Kier alpha value is -16.5. The van der Waals surface area contributed by atoms with Crippen molar-refractivity contribution in [3.8, 4) is 0 Å². The Kier molecular flexibility index (Phi) is 33.5. The molecule has 0 atom stereocenters. The Labute approximate surface area is 739 Å². The molecule has 128 heavy (non-hydrogen) atoms. The number of esters is 5. The monoisotopic (exact) mass is 1770 g/mol. The molecular formula is C89H98ClN19O19. The number of carbonyl (C=O) groups excluding carboxylic acids is 10. The zero-order chi connectivity index (χ0) is 92.9. The molecule has 17 rings (SSSR count). The maximum absolute atomic E-state index is 12.0. The molecule has 8 N–H and O–H groups in total. The summed E-state index contributed by atoms with van der Waals surface area (Å²) in [7, 11) is 0. The number of aryl methyl sites for hydroxylation is 3. The second-order valence-corrected chi connectivity index (χ2v) is 27.9. The van der Waals surface area contributed by atoms with Crippen molar-refractivity contribution < 1.29 is 90.5 Å². The summed E-state index contributed by atoms with van der Waals surface area (Å²) in [5.74, 6) is 5.25. The summed E-state index contributed by atoms with van der Waals surface area (Å²) in [4.78, 5) is 138. The van der Waals surface area contributed by atoms with Crippen LogP contribution in [0.25, 0.3) is 27.6 Å². The Morgan fingerprint density at radius 1 is 0.461 bits per heavy atom. The number of nitrogens with one attached hydrogen (secondary N) is 3. The number of amides is 5. The second-order valence-electron chi connectivity index (χ2n) is 27.6. The molecule has 0 bridgehead atoms. The minimum Gasteiger partial charge on any atom is -0.478 e. The topological polar surface area (TPSA) is 467 Å². The summed E-state index contributed by atoms with van der Waals surface area (Å²) in [5, 5.41) is 32.8. The molecule has 15 heterocycles. The first kappa shape index (κ1) is 95.3. The van der Waals surface area contributed by atoms with E-state index in [1.165, 1.54) is 34.1 Å². The van der Waals surface area contributed by atoms with E-state index in [2.05, 4.69) is 36.2 Å². The fourth-order valence-electron chi connectivity index (χ4n) is 11.8. The number of aromatic amines is 1. The smallest absolute Gasteiger partial charge is 0.412 e. The standard InChI is InChI=1S/C13H17N3O2.C12H16N2O4.C12H8N2O2.C11H12N2O2.C10H9ClN2O2.C10H10N2O3.C9H8N2O2.C8H6N2O2.C4H6N2.3H2/c1-9-10(15-12(17)18-13(2,3)4)8-14-16-7-5-6-11(9)16;1-3-17-11(15)10(12(16)18-4-2)9-13-14-7-5-6-8-14;15-11-9-5-1-2-6-10(9)12(16)14(11)13-7-3-4-8-13;1-3-15-11(14)9-7-12-13-6-4-5-10(13)8(9)2;1-2-15-10(14)7-6-12-13-5-3-4-8(13)9(7)11;1-2-15-10(14)7-6-11-12-5-3-4-8(12)9(7)13;1-6-7(9(12)13)5-10-11-4-2-3-8(6)11;9-10-7(11)5-3-1-2-4-6(5)8(10)12;5-6-3-1-2-4-6;;;/h5-8H,1-4H3,(H,15,17);5-9,13H,3-4H2,1-2H3;1-8H;4-7H,3H2,1-2H3;3-6H,2H2,1H3;3-6,11H,2H2,1H3;2-5H,1H3,(H,12,13);1-4H,9H2;1-4H,5H2;3*1H/i;;;;;;;;;3*1+1. The first-order valence-electron chi connectivity index (χ1n) is 39.4. The summed E-state index contributed by atoms with van der Waals surface area (Å²) < 4.78 is 42.2. The molecule has 15 aromatic rings. The maximum Gasteiger partial charge on any atom is 0.412 e. The van der Waals surface area contributed by atoms with Crippen molar-refractivity contribution in [1.82, 2.24) is 67.1 Å². The van der Waals surface area contributed by atoms with E-state index in [1.54, 1.807) is 228 Å². The number of fused-ring (bicyclic) bond motifs is 7. The number of imide groups is 2. The van der Waals surface area contributed by atoms with Crippen LogP contribution in [0.5, 0.6) is 0 Å². The van der Waals surface area contributed by atoms with Gasteiger partial charge in [0.2, 0.25) is 5.43 Å². The maximum atomic E-state index is 12.0. The molecule has 0 saturated carbocycles. The van der Waals surface area contributed by atoms with Crippen molar-refractivity contribution in [2.75, 3.05) is 54.6 Å². The molecule has 0 spiro atoms. The Morgan fingerprint density at radius 3 is 1.31 bits per heavy atom. The van der Waals surface area contributed by atoms with Crippen LogP contribution in [0.4, 0.5) is 10.5 Å². The molecule has 670 valence electrons. The number of halogens is 1. The third-order valence-electron chi connectivity index (χ3n) is 17.9. The van der Waals surface area contributed by atoms with Gasteiger partial charge in [0.15, 0.2) is 5.57 Å². The molecule has 2 aliphatic rings. The molecule has 2 aliphatic heterocycles. The van der Waals surface area contributed by atoms with Gasteiger partial charge in [-0.25, -0.2) is 62.5 Å². The number of nitrogen functional groups attached to an aromatic ring is 1. The predicted molar refractivity (Wildman–Crippen MR) is 478 cm³/mol. The number of nitrogens with zero attached hydrogens (tertiary/aromatic N) is 14. The van der Waals surface area contributed by atoms with Gasteiger partial charge in [-0.15, -0.1) is 0 Å². The predicted octanol–water partition coefficient (Wildman–Crippen LogP) is 12.7. The normalized spacial score (nSPS) is 11.4. The number of benzene rings is 2. The molecule has 0 aliphatic carbocycles. The van der Waals surface area contributed by atoms with Crippen LogP contribution < -0.4 is 32.9 Å². The quantitative estimate of drug-likeness (QED) is 0.00811. The van der Waals surface area contributed by atoms with E-state index in [0.717, 1.165) is 38.2 Å². The van der Waals surface area contributed by atoms with E-state index in [0.29, 0.717) is 73.3 Å². The van der Waals surface area contributed by atoms with Gasteiger partial charge in [-0.3, -0.25) is 47.8 Å². The van der Waals surface area contributed by atoms with Crippen molar-refractivity contribution in [3.05, 3.63) is 333 Å². The molecule has 5 amide bonds. The van der Waals surface area contributed by atoms with E-state index in [-0.39, 0.29) is 64.0 Å². The van der Waals surface area contributed by atoms with Crippen LogP contribution in [0, 0.1) is 20.8 Å². The largest absolute Gasteiger partial charge is 0.478 e. The SMILES string of the molecule is CCOC(=O)C(=CNn1cccc1)C(=O)OCC.CCOC(=O)c1c[nH]n2cccc2c1=O.CCOC(=O)c1cnn2cccc2c1C.CCOC(=O)c1cnn2cccc2c1Cl.Cc1c(C(=O)O)cnn2cccc12.Cc1c(NC(=O)OC(C)(C)C)cnn2cccc12.NN1C(=O)c2ccccc2C1=O.Nn1cccc1.O=C1c2ccccc2C(=O)N1n1cccc1.[2HH].[2HH].[2HH]. The third-order valence-corrected chi connectivity index (χ3v) is 18.3. The lowest BCUT2D eigenvalue weighted by molar-refractivity contribution is -0.146. The number of rotatable bonds is 15. The van der Waals surface area contributed by atoms with Crippen LogP contribution in [-0.2, 0) is 38.0 Å². The fourth-order valence-corrected chi connectivity index (χ4v) is 12.1. The second kappa shape index (κ2) is 45.0. The highest BCUT2D eigenvalue weighted by Gasteiger charge is 2.37. The summed E-state index contributed by atoms with van der Waals surface area (Å²) >= 11 is 6.05. The van der Waals surface area contributed by atoms with E-state index in [4.69, 9.17) is 56.8 Å². The molecule has 0 saturated heterocycles. The number of aromatic nitrogens is 13. The van der Waals surface area contributed by atoms with Gasteiger partial charge < -0.3 is 49.9 Å². The fraction of sp³-hybridized carbons (Fsp3) is 0.191. The minimum absolute atomic E-state index is 0. The number of ether oxygens (including phenoxy) is 6. The lowest BCUT2D eigenvalue weighted by Crippen LogP contribution is -2.38. The molecule has 38 nitrogen and oxygen atoms in total. The van der Waals surface area contributed by atoms with Crippen molar-refractivity contribution in [1.29, 1.82) is 0 Å². The van der Waals surface area contributed by atoms with Crippen LogP contribution >= 0.6 is 11.6 Å². The first-order chi connectivity index (χ1) is 61.4. The highest BCUT2D eigenvalue weighted by atomic mass is 35.5. The highest BCUT2D eigenvalue weighted by Crippen LogP contribution is 2.26. The van der Waals surface area contributed by atoms with Crippen LogP contribution in [-0.4, -0.2) is 176 Å². The summed E-state index contributed by atoms with van der Waals surface area (Å²) in [6.07, 6.45) is 27.4. The molecule has 13 aromatic heterocycles. The average Bonchev–Trinajstić information content (AvgIpc) is 1.62. The van der Waals surface area contributed by atoms with Gasteiger partial charge in [0.05, 0.1) is 124 Å². The van der Waals surface area contributed by atoms with Crippen LogP contribution in [0.15, 0.2) is 261 Å². The number of hydrogen-bond acceptors (Lipinski definition) is 25. The molecule has 2 aromatic carbocycles. The molecular weight excluding hydrogens is 1670 g/mol. The molecule has 0 radical (unpaired) electrons. The minimum atomic E-state index is -0.936. The number of carbonyl (C=O) groups is 11. The summed E-state index contributed by atoms with van der Waals surface area (Å²) in [6.45, 7) is 21.0. The Balaban J connectivity index is 0.000000228. The van der Waals surface area contributed by atoms with E-state index in [1.807, 2.05) is 102 Å². The number of nitrogens with two attached hydrogens (primary N) is 2. The average molecular weight is 1780 g/mol.